The second kappa shape index (κ2) is 7.56. The van der Waals surface area contributed by atoms with Crippen LogP contribution in [0.15, 0.2) is 40.2 Å². The molecule has 1 fully saturated rings. The molecule has 1 aliphatic rings. The molecule has 1 aliphatic heterocycles. The third-order valence-electron chi connectivity index (χ3n) is 5.87. The Kier molecular flexibility index (Phi) is 4.70. The second-order valence-corrected chi connectivity index (χ2v) is 8.02. The molecule has 10 nitrogen and oxygen atoms in total. The Labute approximate surface area is 181 Å². The van der Waals surface area contributed by atoms with E-state index in [1.807, 2.05) is 11.0 Å². The van der Waals surface area contributed by atoms with Crippen molar-refractivity contribution in [2.75, 3.05) is 18.0 Å². The molecule has 5 rings (SSSR count). The van der Waals surface area contributed by atoms with E-state index in [1.165, 1.54) is 23.0 Å². The third kappa shape index (κ3) is 3.30. The summed E-state index contributed by atoms with van der Waals surface area (Å²) < 4.78 is 22.5. The molecule has 0 saturated carbocycles. The molecule has 1 aromatic carbocycles. The second-order valence-electron chi connectivity index (χ2n) is 8.02. The van der Waals surface area contributed by atoms with E-state index in [-0.39, 0.29) is 29.5 Å². The highest BCUT2D eigenvalue weighted by atomic mass is 19.1. The molecule has 0 radical (unpaired) electrons. The number of imidazole rings is 1. The van der Waals surface area contributed by atoms with Crippen LogP contribution < -0.4 is 10.5 Å². The number of halogens is 1. The van der Waals surface area contributed by atoms with Crippen LogP contribution in [0, 0.1) is 23.1 Å². The van der Waals surface area contributed by atoms with Crippen LogP contribution in [0.3, 0.4) is 0 Å². The molecule has 2 atom stereocenters. The van der Waals surface area contributed by atoms with Gasteiger partial charge in [0.2, 0.25) is 5.89 Å². The van der Waals surface area contributed by atoms with Crippen LogP contribution in [-0.4, -0.2) is 42.3 Å². The van der Waals surface area contributed by atoms with E-state index < -0.39 is 5.82 Å². The number of rotatable bonds is 4. The van der Waals surface area contributed by atoms with Crippen molar-refractivity contribution in [3.63, 3.8) is 0 Å². The van der Waals surface area contributed by atoms with Crippen LogP contribution >= 0.6 is 0 Å². The van der Waals surface area contributed by atoms with Crippen LogP contribution in [0.5, 0.6) is 0 Å². The minimum absolute atomic E-state index is 0.0133. The topological polar surface area (TPSA) is 119 Å². The predicted octanol–water partition coefficient (Wildman–Crippen LogP) is 1.81. The smallest absolute Gasteiger partial charge is 0.280 e. The number of nitrogens with zero attached hydrogens (tertiary/aromatic N) is 8. The van der Waals surface area contributed by atoms with Crippen molar-refractivity contribution in [2.24, 2.45) is 13.0 Å². The first-order valence-corrected chi connectivity index (χ1v) is 10.1. The lowest BCUT2D eigenvalue weighted by Gasteiger charge is -2.18. The summed E-state index contributed by atoms with van der Waals surface area (Å²) in [6.07, 6.45) is 2.96. The first-order valence-electron chi connectivity index (χ1n) is 10.1. The Hall–Kier alpha value is -4.07. The molecule has 1 saturated heterocycles. The number of aryl methyl sites for hydroxylation is 1. The summed E-state index contributed by atoms with van der Waals surface area (Å²) in [6, 6.07) is 6.44. The zero-order valence-corrected chi connectivity index (χ0v) is 17.4. The summed E-state index contributed by atoms with van der Waals surface area (Å²) in [5.41, 5.74) is 1.29. The van der Waals surface area contributed by atoms with Crippen molar-refractivity contribution in [1.29, 1.82) is 5.26 Å². The van der Waals surface area contributed by atoms with Gasteiger partial charge >= 0.3 is 0 Å². The molecule has 0 N–H and O–H groups in total. The molecular weight excluding hydrogens is 415 g/mol. The van der Waals surface area contributed by atoms with Gasteiger partial charge in [-0.1, -0.05) is 12.1 Å². The normalized spacial score (nSPS) is 18.4. The van der Waals surface area contributed by atoms with Gasteiger partial charge in [-0.05, 0) is 24.1 Å². The lowest BCUT2D eigenvalue weighted by Crippen LogP contribution is -2.22. The van der Waals surface area contributed by atoms with Gasteiger partial charge in [0.25, 0.3) is 5.56 Å². The Morgan fingerprint density at radius 3 is 2.88 bits per heavy atom. The summed E-state index contributed by atoms with van der Waals surface area (Å²) in [7, 11) is 1.74. The van der Waals surface area contributed by atoms with Gasteiger partial charge in [-0.25, -0.2) is 14.4 Å². The van der Waals surface area contributed by atoms with Crippen LogP contribution in [0.2, 0.25) is 0 Å². The lowest BCUT2D eigenvalue weighted by molar-refractivity contribution is 0.359. The fourth-order valence-corrected chi connectivity index (χ4v) is 4.12. The molecule has 0 amide bonds. The zero-order valence-electron chi connectivity index (χ0n) is 17.4. The van der Waals surface area contributed by atoms with Crippen LogP contribution in [0.4, 0.5) is 10.1 Å². The van der Waals surface area contributed by atoms with Gasteiger partial charge in [0.15, 0.2) is 17.0 Å². The predicted molar refractivity (Wildman–Crippen MR) is 111 cm³/mol. The Morgan fingerprint density at radius 1 is 1.28 bits per heavy atom. The van der Waals surface area contributed by atoms with E-state index in [0.717, 1.165) is 0 Å². The minimum atomic E-state index is -0.535. The van der Waals surface area contributed by atoms with E-state index in [4.69, 9.17) is 9.78 Å². The number of hydrogen-bond donors (Lipinski definition) is 0. The Balaban J connectivity index is 1.35. The maximum Gasteiger partial charge on any atom is 0.280 e. The standard InChI is InChI=1S/C21H19FN8O2/c1-12-7-29(14-4-3-13(6-23)16(22)5-14)8-15(12)19-26-17(32-27-19)9-30-11-25-20-18(21(30)31)28(2)10-24-20/h3-5,10-12,15H,7-9H2,1-2H3/t12?,15-/m0/s1. The van der Waals surface area contributed by atoms with E-state index in [2.05, 4.69) is 27.0 Å². The molecule has 4 heterocycles. The fourth-order valence-electron chi connectivity index (χ4n) is 4.12. The van der Waals surface area contributed by atoms with E-state index >= 15 is 0 Å². The van der Waals surface area contributed by atoms with Crippen molar-refractivity contribution in [3.8, 4) is 6.07 Å². The highest BCUT2D eigenvalue weighted by molar-refractivity contribution is 5.68. The first kappa shape index (κ1) is 19.9. The number of hydrogen-bond acceptors (Lipinski definition) is 8. The van der Waals surface area contributed by atoms with E-state index in [9.17, 15) is 9.18 Å². The van der Waals surface area contributed by atoms with Gasteiger partial charge in [0.05, 0.1) is 11.9 Å². The summed E-state index contributed by atoms with van der Waals surface area (Å²) in [5.74, 6) is 0.509. The summed E-state index contributed by atoms with van der Waals surface area (Å²) in [4.78, 5) is 27.6. The minimum Gasteiger partial charge on any atom is -0.370 e. The van der Waals surface area contributed by atoms with Crippen LogP contribution in [0.25, 0.3) is 11.2 Å². The molecule has 0 aliphatic carbocycles. The van der Waals surface area contributed by atoms with Crippen molar-refractivity contribution < 1.29 is 8.91 Å². The molecule has 1 unspecified atom stereocenters. The van der Waals surface area contributed by atoms with Crippen molar-refractivity contribution in [2.45, 2.75) is 19.4 Å². The Morgan fingerprint density at radius 2 is 2.09 bits per heavy atom. The molecule has 162 valence electrons. The third-order valence-corrected chi connectivity index (χ3v) is 5.87. The van der Waals surface area contributed by atoms with Gasteiger partial charge in [-0.2, -0.15) is 10.2 Å². The number of benzene rings is 1. The number of aromatic nitrogens is 6. The van der Waals surface area contributed by atoms with Crippen molar-refractivity contribution in [3.05, 3.63) is 64.3 Å². The largest absolute Gasteiger partial charge is 0.370 e. The van der Waals surface area contributed by atoms with E-state index in [1.54, 1.807) is 24.0 Å². The molecule has 0 bridgehead atoms. The average Bonchev–Trinajstić information content (AvgIpc) is 3.49. The van der Waals surface area contributed by atoms with Gasteiger partial charge in [-0.15, -0.1) is 0 Å². The monoisotopic (exact) mass is 434 g/mol. The number of fused-ring (bicyclic) bond motifs is 1. The van der Waals surface area contributed by atoms with Crippen molar-refractivity contribution >= 4 is 16.9 Å². The van der Waals surface area contributed by atoms with Crippen LogP contribution in [0.1, 0.15) is 30.1 Å². The van der Waals surface area contributed by atoms with Gasteiger partial charge in [-0.3, -0.25) is 9.36 Å². The van der Waals surface area contributed by atoms with Gasteiger partial charge in [0, 0.05) is 31.7 Å². The quantitative estimate of drug-likeness (QED) is 0.477. The van der Waals surface area contributed by atoms with E-state index in [0.29, 0.717) is 41.7 Å². The fraction of sp³-hybridized carbons (Fsp3) is 0.333. The summed E-state index contributed by atoms with van der Waals surface area (Å²) >= 11 is 0. The average molecular weight is 434 g/mol. The Bertz CT molecular complexity index is 1420. The van der Waals surface area contributed by atoms with Gasteiger partial charge < -0.3 is 14.0 Å². The number of anilines is 1. The van der Waals surface area contributed by atoms with Gasteiger partial charge in [0.1, 0.15) is 24.8 Å². The van der Waals surface area contributed by atoms with Crippen molar-refractivity contribution in [1.82, 2.24) is 29.2 Å². The molecule has 3 aromatic heterocycles. The maximum absolute atomic E-state index is 14.0. The highest BCUT2D eigenvalue weighted by Gasteiger charge is 2.34. The zero-order chi connectivity index (χ0) is 22.4. The molecule has 11 heteroatoms. The highest BCUT2D eigenvalue weighted by Crippen LogP contribution is 2.34. The molecule has 32 heavy (non-hydrogen) atoms. The number of nitriles is 1. The van der Waals surface area contributed by atoms with Crippen LogP contribution in [-0.2, 0) is 13.6 Å². The lowest BCUT2D eigenvalue weighted by atomic mass is 9.98. The SMILES string of the molecule is CC1CN(c2ccc(C#N)c(F)c2)C[C@@H]1c1noc(Cn2cnc3ncn(C)c3c2=O)n1. The molecule has 0 spiro atoms. The molecular formula is C21H19FN8O2. The first-order chi connectivity index (χ1) is 15.4. The summed E-state index contributed by atoms with van der Waals surface area (Å²) in [5, 5.41) is 13.1. The molecule has 4 aromatic rings. The maximum atomic E-state index is 14.0. The summed E-state index contributed by atoms with van der Waals surface area (Å²) in [6.45, 7) is 3.46.